The molecular formula is C15H18N2O2. The molecule has 0 saturated carbocycles. The van der Waals surface area contributed by atoms with Crippen molar-refractivity contribution in [3.05, 3.63) is 53.9 Å². The second-order valence-corrected chi connectivity index (χ2v) is 4.32. The molecule has 4 nitrogen and oxygen atoms in total. The van der Waals surface area contributed by atoms with Crippen LogP contribution in [0.15, 0.2) is 42.7 Å². The minimum atomic E-state index is -0.117. The summed E-state index contributed by atoms with van der Waals surface area (Å²) in [4.78, 5) is 4.09. The SMILES string of the molecule is COc1cc(OC)cc(C(N)Cc2cccnc2)c1. The van der Waals surface area contributed by atoms with Gasteiger partial charge in [-0.1, -0.05) is 6.07 Å². The minimum Gasteiger partial charge on any atom is -0.497 e. The lowest BCUT2D eigenvalue weighted by Crippen LogP contribution is -2.13. The average Bonchev–Trinajstić information content (AvgIpc) is 2.47. The van der Waals surface area contributed by atoms with E-state index >= 15 is 0 Å². The third-order valence-corrected chi connectivity index (χ3v) is 2.98. The van der Waals surface area contributed by atoms with E-state index in [0.29, 0.717) is 0 Å². The van der Waals surface area contributed by atoms with Crippen molar-refractivity contribution in [2.45, 2.75) is 12.5 Å². The van der Waals surface area contributed by atoms with E-state index in [2.05, 4.69) is 4.98 Å². The molecule has 0 bridgehead atoms. The highest BCUT2D eigenvalue weighted by Gasteiger charge is 2.10. The van der Waals surface area contributed by atoms with Crippen LogP contribution in [-0.2, 0) is 6.42 Å². The van der Waals surface area contributed by atoms with Gasteiger partial charge in [0.25, 0.3) is 0 Å². The summed E-state index contributed by atoms with van der Waals surface area (Å²) in [7, 11) is 3.26. The first-order valence-electron chi connectivity index (χ1n) is 6.10. The van der Waals surface area contributed by atoms with Crippen LogP contribution in [0.1, 0.15) is 17.2 Å². The first-order valence-corrected chi connectivity index (χ1v) is 6.10. The molecule has 0 aliphatic heterocycles. The lowest BCUT2D eigenvalue weighted by atomic mass is 10.0. The Bertz CT molecular complexity index is 507. The Labute approximate surface area is 113 Å². The van der Waals surface area contributed by atoms with E-state index in [0.717, 1.165) is 29.0 Å². The van der Waals surface area contributed by atoms with Crippen molar-refractivity contribution in [3.8, 4) is 11.5 Å². The van der Waals surface area contributed by atoms with Crippen LogP contribution in [-0.4, -0.2) is 19.2 Å². The third-order valence-electron chi connectivity index (χ3n) is 2.98. The van der Waals surface area contributed by atoms with Gasteiger partial charge in [-0.2, -0.15) is 0 Å². The number of benzene rings is 1. The quantitative estimate of drug-likeness (QED) is 0.894. The summed E-state index contributed by atoms with van der Waals surface area (Å²) in [5.74, 6) is 1.49. The molecule has 0 saturated heterocycles. The third kappa shape index (κ3) is 3.45. The van der Waals surface area contributed by atoms with Gasteiger partial charge in [-0.25, -0.2) is 0 Å². The van der Waals surface area contributed by atoms with Crippen LogP contribution in [0.25, 0.3) is 0 Å². The van der Waals surface area contributed by atoms with Crippen molar-refractivity contribution in [3.63, 3.8) is 0 Å². The Balaban J connectivity index is 2.20. The van der Waals surface area contributed by atoms with E-state index in [1.54, 1.807) is 20.4 Å². The molecule has 2 aromatic rings. The summed E-state index contributed by atoms with van der Waals surface area (Å²) in [6.45, 7) is 0. The molecule has 0 spiro atoms. The van der Waals surface area contributed by atoms with Crippen molar-refractivity contribution in [1.82, 2.24) is 4.98 Å². The molecule has 2 N–H and O–H groups in total. The van der Waals surface area contributed by atoms with E-state index in [1.165, 1.54) is 0 Å². The molecular weight excluding hydrogens is 240 g/mol. The first kappa shape index (κ1) is 13.4. The van der Waals surface area contributed by atoms with Crippen LogP contribution >= 0.6 is 0 Å². The lowest BCUT2D eigenvalue weighted by molar-refractivity contribution is 0.392. The number of pyridine rings is 1. The molecule has 0 aliphatic carbocycles. The van der Waals surface area contributed by atoms with E-state index < -0.39 is 0 Å². The van der Waals surface area contributed by atoms with Gasteiger partial charge in [-0.3, -0.25) is 4.98 Å². The number of aromatic nitrogens is 1. The van der Waals surface area contributed by atoms with Gasteiger partial charge in [0.1, 0.15) is 11.5 Å². The Morgan fingerprint density at radius 2 is 1.84 bits per heavy atom. The van der Waals surface area contributed by atoms with Crippen molar-refractivity contribution in [1.29, 1.82) is 0 Å². The lowest BCUT2D eigenvalue weighted by Gasteiger charge is -2.14. The molecule has 100 valence electrons. The number of hydrogen-bond acceptors (Lipinski definition) is 4. The van der Waals surface area contributed by atoms with Crippen molar-refractivity contribution < 1.29 is 9.47 Å². The fraction of sp³-hybridized carbons (Fsp3) is 0.267. The van der Waals surface area contributed by atoms with Gasteiger partial charge >= 0.3 is 0 Å². The summed E-state index contributed by atoms with van der Waals surface area (Å²) in [6, 6.07) is 9.51. The molecule has 1 aromatic heterocycles. The molecule has 0 fully saturated rings. The molecule has 1 unspecified atom stereocenters. The summed E-state index contributed by atoms with van der Waals surface area (Å²) in [6.07, 6.45) is 4.31. The zero-order valence-corrected chi connectivity index (χ0v) is 11.2. The number of rotatable bonds is 5. The predicted octanol–water partition coefficient (Wildman–Crippen LogP) is 2.34. The van der Waals surface area contributed by atoms with E-state index in [1.807, 2.05) is 36.5 Å². The summed E-state index contributed by atoms with van der Waals surface area (Å²) in [5, 5.41) is 0. The molecule has 4 heteroatoms. The number of nitrogens with zero attached hydrogens (tertiary/aromatic N) is 1. The van der Waals surface area contributed by atoms with E-state index in [9.17, 15) is 0 Å². The number of hydrogen-bond donors (Lipinski definition) is 1. The zero-order valence-electron chi connectivity index (χ0n) is 11.2. The smallest absolute Gasteiger partial charge is 0.122 e. The van der Waals surface area contributed by atoms with Crippen LogP contribution in [0, 0.1) is 0 Å². The standard InChI is InChI=1S/C15H18N2O2/c1-18-13-7-12(8-14(9-13)19-2)15(16)6-11-4-3-5-17-10-11/h3-5,7-10,15H,6,16H2,1-2H3. The van der Waals surface area contributed by atoms with Gasteiger partial charge in [-0.05, 0) is 35.7 Å². The van der Waals surface area contributed by atoms with E-state index in [4.69, 9.17) is 15.2 Å². The van der Waals surface area contributed by atoms with Gasteiger partial charge in [0.15, 0.2) is 0 Å². The Kier molecular flexibility index (Phi) is 4.36. The largest absolute Gasteiger partial charge is 0.497 e. The zero-order chi connectivity index (χ0) is 13.7. The normalized spacial score (nSPS) is 11.9. The fourth-order valence-corrected chi connectivity index (χ4v) is 1.93. The van der Waals surface area contributed by atoms with Crippen LogP contribution in [0.5, 0.6) is 11.5 Å². The highest BCUT2D eigenvalue weighted by molar-refractivity contribution is 5.40. The molecule has 2 rings (SSSR count). The van der Waals surface area contributed by atoms with Crippen molar-refractivity contribution >= 4 is 0 Å². The average molecular weight is 258 g/mol. The molecule has 1 heterocycles. The highest BCUT2D eigenvalue weighted by Crippen LogP contribution is 2.26. The number of methoxy groups -OCH3 is 2. The molecule has 1 aromatic carbocycles. The van der Waals surface area contributed by atoms with Crippen molar-refractivity contribution in [2.24, 2.45) is 5.73 Å². The molecule has 0 amide bonds. The van der Waals surface area contributed by atoms with Crippen LogP contribution in [0.2, 0.25) is 0 Å². The van der Waals surface area contributed by atoms with Gasteiger partial charge in [-0.15, -0.1) is 0 Å². The van der Waals surface area contributed by atoms with E-state index in [-0.39, 0.29) is 6.04 Å². The minimum absolute atomic E-state index is 0.117. The summed E-state index contributed by atoms with van der Waals surface area (Å²) < 4.78 is 10.5. The Morgan fingerprint density at radius 3 is 2.37 bits per heavy atom. The second kappa shape index (κ2) is 6.20. The summed E-state index contributed by atoms with van der Waals surface area (Å²) in [5.41, 5.74) is 8.33. The maximum Gasteiger partial charge on any atom is 0.122 e. The Hall–Kier alpha value is -2.07. The Morgan fingerprint density at radius 1 is 1.16 bits per heavy atom. The van der Waals surface area contributed by atoms with Crippen LogP contribution in [0.4, 0.5) is 0 Å². The van der Waals surface area contributed by atoms with Gasteiger partial charge in [0.05, 0.1) is 14.2 Å². The monoisotopic (exact) mass is 258 g/mol. The number of ether oxygens (including phenoxy) is 2. The van der Waals surface area contributed by atoms with Gasteiger partial charge in [0.2, 0.25) is 0 Å². The van der Waals surface area contributed by atoms with Gasteiger partial charge in [0, 0.05) is 24.5 Å². The maximum absolute atomic E-state index is 6.24. The fourth-order valence-electron chi connectivity index (χ4n) is 1.93. The first-order chi connectivity index (χ1) is 9.22. The molecule has 1 atom stereocenters. The van der Waals surface area contributed by atoms with Crippen LogP contribution in [0.3, 0.4) is 0 Å². The predicted molar refractivity (Wildman–Crippen MR) is 74.4 cm³/mol. The maximum atomic E-state index is 6.24. The van der Waals surface area contributed by atoms with Crippen molar-refractivity contribution in [2.75, 3.05) is 14.2 Å². The second-order valence-electron chi connectivity index (χ2n) is 4.32. The van der Waals surface area contributed by atoms with Gasteiger partial charge < -0.3 is 15.2 Å². The summed E-state index contributed by atoms with van der Waals surface area (Å²) >= 11 is 0. The highest BCUT2D eigenvalue weighted by atomic mass is 16.5. The molecule has 0 radical (unpaired) electrons. The molecule has 19 heavy (non-hydrogen) atoms. The number of nitrogens with two attached hydrogens (primary N) is 1. The van der Waals surface area contributed by atoms with Crippen LogP contribution < -0.4 is 15.2 Å². The topological polar surface area (TPSA) is 57.4 Å². The molecule has 0 aliphatic rings.